The van der Waals surface area contributed by atoms with E-state index >= 15 is 0 Å². The molecule has 1 amide bonds. The Kier molecular flexibility index (Phi) is 5.86. The summed E-state index contributed by atoms with van der Waals surface area (Å²) in [6.45, 7) is 9.55. The zero-order valence-corrected chi connectivity index (χ0v) is 12.5. The number of carbonyl (C=O) groups is 1. The first-order valence-electron chi connectivity index (χ1n) is 7.05. The van der Waals surface area contributed by atoms with Gasteiger partial charge in [0.2, 0.25) is 5.91 Å². The summed E-state index contributed by atoms with van der Waals surface area (Å²) in [5, 5.41) is 0. The Labute approximate surface area is 112 Å². The van der Waals surface area contributed by atoms with E-state index < -0.39 is 0 Å². The maximum atomic E-state index is 11.9. The maximum absolute atomic E-state index is 11.9. The minimum absolute atomic E-state index is 0.173. The first-order valence-corrected chi connectivity index (χ1v) is 7.05. The molecule has 0 bridgehead atoms. The lowest BCUT2D eigenvalue weighted by atomic mass is 9.77. The quantitative estimate of drug-likeness (QED) is 0.677. The van der Waals surface area contributed by atoms with Gasteiger partial charge >= 0.3 is 0 Å². The van der Waals surface area contributed by atoms with Gasteiger partial charge in [-0.25, -0.2) is 0 Å². The van der Waals surface area contributed by atoms with Gasteiger partial charge in [0.05, 0.1) is 0 Å². The SMILES string of the molecule is CCC(C(C)C)C1CN(C(=O)/C=C/CN(C)C)C1. The predicted octanol–water partition coefficient (Wildman–Crippen LogP) is 2.24. The minimum atomic E-state index is 0.173. The van der Waals surface area contributed by atoms with Crippen molar-refractivity contribution in [1.82, 2.24) is 9.80 Å². The van der Waals surface area contributed by atoms with E-state index in [2.05, 4.69) is 25.7 Å². The average molecular weight is 252 g/mol. The highest BCUT2D eigenvalue weighted by Gasteiger charge is 2.35. The molecular formula is C15H28N2O. The van der Waals surface area contributed by atoms with Crippen LogP contribution in [0.15, 0.2) is 12.2 Å². The Morgan fingerprint density at radius 3 is 2.44 bits per heavy atom. The number of likely N-dealkylation sites (tertiary alicyclic amines) is 1. The van der Waals surface area contributed by atoms with Crippen LogP contribution in [0.25, 0.3) is 0 Å². The van der Waals surface area contributed by atoms with Crippen LogP contribution in [0.1, 0.15) is 27.2 Å². The third kappa shape index (κ3) is 4.13. The van der Waals surface area contributed by atoms with Crippen molar-refractivity contribution >= 4 is 5.91 Å². The topological polar surface area (TPSA) is 23.6 Å². The zero-order valence-electron chi connectivity index (χ0n) is 12.5. The van der Waals surface area contributed by atoms with Crippen LogP contribution < -0.4 is 0 Å². The van der Waals surface area contributed by atoms with Crippen LogP contribution in [-0.2, 0) is 4.79 Å². The molecule has 0 radical (unpaired) electrons. The fourth-order valence-electron chi connectivity index (χ4n) is 2.78. The highest BCUT2D eigenvalue weighted by atomic mass is 16.2. The first-order chi connectivity index (χ1) is 8.45. The number of likely N-dealkylation sites (N-methyl/N-ethyl adjacent to an activating group) is 1. The normalized spacial score (nSPS) is 18.7. The molecule has 18 heavy (non-hydrogen) atoms. The summed E-state index contributed by atoms with van der Waals surface area (Å²) >= 11 is 0. The van der Waals surface area contributed by atoms with Gasteiger partial charge in [0, 0.05) is 25.7 Å². The number of amides is 1. The van der Waals surface area contributed by atoms with Crippen LogP contribution in [0.3, 0.4) is 0 Å². The fourth-order valence-corrected chi connectivity index (χ4v) is 2.78. The van der Waals surface area contributed by atoms with E-state index in [1.807, 2.05) is 25.1 Å². The highest BCUT2D eigenvalue weighted by Crippen LogP contribution is 2.31. The van der Waals surface area contributed by atoms with Crippen molar-refractivity contribution in [3.63, 3.8) is 0 Å². The minimum Gasteiger partial charge on any atom is -0.338 e. The van der Waals surface area contributed by atoms with Gasteiger partial charge < -0.3 is 9.80 Å². The largest absolute Gasteiger partial charge is 0.338 e. The smallest absolute Gasteiger partial charge is 0.246 e. The van der Waals surface area contributed by atoms with Gasteiger partial charge in [-0.15, -0.1) is 0 Å². The van der Waals surface area contributed by atoms with Crippen LogP contribution in [0.2, 0.25) is 0 Å². The van der Waals surface area contributed by atoms with Crippen molar-refractivity contribution in [2.24, 2.45) is 17.8 Å². The van der Waals surface area contributed by atoms with Crippen molar-refractivity contribution in [3.8, 4) is 0 Å². The van der Waals surface area contributed by atoms with Gasteiger partial charge in [0.1, 0.15) is 0 Å². The highest BCUT2D eigenvalue weighted by molar-refractivity contribution is 5.88. The predicted molar refractivity (Wildman–Crippen MR) is 76.4 cm³/mol. The number of hydrogen-bond acceptors (Lipinski definition) is 2. The van der Waals surface area contributed by atoms with Crippen molar-refractivity contribution < 1.29 is 4.79 Å². The van der Waals surface area contributed by atoms with Crippen molar-refractivity contribution in [2.75, 3.05) is 33.7 Å². The molecule has 1 fully saturated rings. The summed E-state index contributed by atoms with van der Waals surface area (Å²) < 4.78 is 0. The van der Waals surface area contributed by atoms with E-state index in [4.69, 9.17) is 0 Å². The first kappa shape index (κ1) is 15.2. The summed E-state index contributed by atoms with van der Waals surface area (Å²) in [4.78, 5) is 15.9. The van der Waals surface area contributed by atoms with Crippen LogP contribution in [-0.4, -0.2) is 49.4 Å². The second kappa shape index (κ2) is 6.93. The third-order valence-corrected chi connectivity index (χ3v) is 3.89. The van der Waals surface area contributed by atoms with Crippen molar-refractivity contribution in [3.05, 3.63) is 12.2 Å². The van der Waals surface area contributed by atoms with E-state index in [1.54, 1.807) is 6.08 Å². The van der Waals surface area contributed by atoms with E-state index in [-0.39, 0.29) is 5.91 Å². The molecule has 0 aromatic heterocycles. The molecule has 0 aromatic carbocycles. The van der Waals surface area contributed by atoms with E-state index in [0.29, 0.717) is 5.92 Å². The summed E-state index contributed by atoms with van der Waals surface area (Å²) in [7, 11) is 4.01. The number of carbonyl (C=O) groups excluding carboxylic acids is 1. The molecule has 1 aliphatic rings. The van der Waals surface area contributed by atoms with Gasteiger partial charge in [-0.3, -0.25) is 4.79 Å². The van der Waals surface area contributed by atoms with Crippen LogP contribution >= 0.6 is 0 Å². The van der Waals surface area contributed by atoms with Gasteiger partial charge in [-0.1, -0.05) is 33.3 Å². The summed E-state index contributed by atoms with van der Waals surface area (Å²) in [5.74, 6) is 2.37. The number of hydrogen-bond donors (Lipinski definition) is 0. The summed E-state index contributed by atoms with van der Waals surface area (Å²) in [6.07, 6.45) is 4.88. The van der Waals surface area contributed by atoms with Crippen molar-refractivity contribution in [1.29, 1.82) is 0 Å². The second-order valence-corrected chi connectivity index (χ2v) is 5.98. The van der Waals surface area contributed by atoms with Crippen molar-refractivity contribution in [2.45, 2.75) is 27.2 Å². The zero-order chi connectivity index (χ0) is 13.7. The number of rotatable bonds is 6. The average Bonchev–Trinajstić information content (AvgIpc) is 2.20. The van der Waals surface area contributed by atoms with Gasteiger partial charge in [0.25, 0.3) is 0 Å². The summed E-state index contributed by atoms with van der Waals surface area (Å²) in [5.41, 5.74) is 0. The monoisotopic (exact) mass is 252 g/mol. The molecule has 0 aromatic rings. The lowest BCUT2D eigenvalue weighted by molar-refractivity contribution is -0.134. The van der Waals surface area contributed by atoms with Gasteiger partial charge in [0.15, 0.2) is 0 Å². The molecule has 0 N–H and O–H groups in total. The molecule has 104 valence electrons. The molecule has 1 heterocycles. The lowest BCUT2D eigenvalue weighted by Gasteiger charge is -2.44. The Morgan fingerprint density at radius 1 is 1.39 bits per heavy atom. The molecule has 1 atom stereocenters. The molecule has 1 aliphatic heterocycles. The summed E-state index contributed by atoms with van der Waals surface area (Å²) in [6, 6.07) is 0. The van der Waals surface area contributed by atoms with Gasteiger partial charge in [-0.05, 0) is 31.8 Å². The Bertz CT molecular complexity index is 291. The van der Waals surface area contributed by atoms with Gasteiger partial charge in [-0.2, -0.15) is 0 Å². The molecule has 0 spiro atoms. The molecule has 0 aliphatic carbocycles. The molecular weight excluding hydrogens is 224 g/mol. The Hall–Kier alpha value is -0.830. The van der Waals surface area contributed by atoms with E-state index in [1.165, 1.54) is 6.42 Å². The van der Waals surface area contributed by atoms with E-state index in [9.17, 15) is 4.79 Å². The molecule has 1 unspecified atom stereocenters. The lowest BCUT2D eigenvalue weighted by Crippen LogP contribution is -2.53. The fraction of sp³-hybridized carbons (Fsp3) is 0.800. The molecule has 1 saturated heterocycles. The Morgan fingerprint density at radius 2 is 2.00 bits per heavy atom. The second-order valence-electron chi connectivity index (χ2n) is 5.98. The Balaban J connectivity index is 2.33. The third-order valence-electron chi connectivity index (χ3n) is 3.89. The maximum Gasteiger partial charge on any atom is 0.246 e. The van der Waals surface area contributed by atoms with E-state index in [0.717, 1.165) is 31.5 Å². The standard InChI is InChI=1S/C15H28N2O/c1-6-14(12(2)3)13-10-17(11-13)15(18)8-7-9-16(4)5/h7-8,12-14H,6,9-11H2,1-5H3/b8-7+. The van der Waals surface area contributed by atoms with Crippen LogP contribution in [0.4, 0.5) is 0 Å². The van der Waals surface area contributed by atoms with Crippen LogP contribution in [0, 0.1) is 17.8 Å². The molecule has 1 rings (SSSR count). The molecule has 3 heteroatoms. The number of nitrogens with zero attached hydrogens (tertiary/aromatic N) is 2. The molecule has 3 nitrogen and oxygen atoms in total. The van der Waals surface area contributed by atoms with Crippen LogP contribution in [0.5, 0.6) is 0 Å². The molecule has 0 saturated carbocycles.